The van der Waals surface area contributed by atoms with Gasteiger partial charge in [-0.15, -0.1) is 0 Å². The average molecular weight is 283 g/mol. The lowest BCUT2D eigenvalue weighted by Gasteiger charge is -2.11. The van der Waals surface area contributed by atoms with Crippen LogP contribution in [0.2, 0.25) is 0 Å². The van der Waals surface area contributed by atoms with Gasteiger partial charge in [-0.25, -0.2) is 8.78 Å². The molecule has 1 N–H and O–H groups in total. The van der Waals surface area contributed by atoms with E-state index in [0.717, 1.165) is 17.7 Å². The van der Waals surface area contributed by atoms with Gasteiger partial charge in [0.15, 0.2) is 0 Å². The van der Waals surface area contributed by atoms with E-state index in [4.69, 9.17) is 10.5 Å². The molecule has 3 nitrogen and oxygen atoms in total. The van der Waals surface area contributed by atoms with Crippen molar-refractivity contribution in [3.63, 3.8) is 0 Å². The molecule has 0 aromatic heterocycles. The first-order valence-electron chi connectivity index (χ1n) is 6.18. The van der Waals surface area contributed by atoms with Gasteiger partial charge in [-0.1, -0.05) is 12.1 Å². The molecule has 0 fully saturated rings. The normalized spacial score (nSPS) is 9.76. The zero-order chi connectivity index (χ0) is 15.4. The summed E-state index contributed by atoms with van der Waals surface area (Å²) in [5.41, 5.74) is 1.50. The zero-order valence-electron chi connectivity index (χ0n) is 11.2. The number of aryl methyl sites for hydroxylation is 1. The van der Waals surface area contributed by atoms with Crippen LogP contribution in [0.25, 0.3) is 0 Å². The highest BCUT2D eigenvalue weighted by Gasteiger charge is 2.12. The predicted octanol–water partition coefficient (Wildman–Crippen LogP) is 3.63. The van der Waals surface area contributed by atoms with Crippen LogP contribution >= 0.6 is 0 Å². The molecule has 0 atom stereocenters. The van der Waals surface area contributed by atoms with Crippen molar-refractivity contribution in [1.29, 1.82) is 10.5 Å². The number of anilines is 1. The molecule has 0 unspecified atom stereocenters. The topological polar surface area (TPSA) is 59.6 Å². The first kappa shape index (κ1) is 14.5. The molecule has 0 radical (unpaired) electrons. The first-order chi connectivity index (χ1) is 10.1. The van der Waals surface area contributed by atoms with Gasteiger partial charge in [0.2, 0.25) is 0 Å². The summed E-state index contributed by atoms with van der Waals surface area (Å²) in [4.78, 5) is 0. The highest BCUT2D eigenvalue weighted by atomic mass is 19.1. The summed E-state index contributed by atoms with van der Waals surface area (Å²) in [5, 5.41) is 20.6. The maximum Gasteiger partial charge on any atom is 0.132 e. The van der Waals surface area contributed by atoms with Gasteiger partial charge in [-0.3, -0.25) is 0 Å². The van der Waals surface area contributed by atoms with E-state index in [1.807, 2.05) is 0 Å². The second kappa shape index (κ2) is 6.02. The first-order valence-corrected chi connectivity index (χ1v) is 6.18. The average Bonchev–Trinajstić information content (AvgIpc) is 2.46. The van der Waals surface area contributed by atoms with E-state index in [9.17, 15) is 8.78 Å². The number of benzene rings is 2. The van der Waals surface area contributed by atoms with Gasteiger partial charge in [0, 0.05) is 12.1 Å². The molecule has 0 saturated carbocycles. The van der Waals surface area contributed by atoms with Gasteiger partial charge in [0.25, 0.3) is 0 Å². The molecule has 0 aliphatic heterocycles. The Hall–Kier alpha value is -2.92. The lowest BCUT2D eigenvalue weighted by Crippen LogP contribution is -2.07. The standard InChI is InChI=1S/C16H11F2N3/c1-10-3-2-4-16(12(10)8-20)21-9-13-14(17)5-11(7-19)6-15(13)18/h2-6,21H,9H2,1H3. The minimum absolute atomic E-state index is 0.0676. The summed E-state index contributed by atoms with van der Waals surface area (Å²) in [5.74, 6) is -1.57. The van der Waals surface area contributed by atoms with E-state index in [0.29, 0.717) is 11.3 Å². The molecule has 0 heterocycles. The van der Waals surface area contributed by atoms with Crippen LogP contribution < -0.4 is 5.32 Å². The third-order valence-corrected chi connectivity index (χ3v) is 3.11. The molecule has 0 spiro atoms. The van der Waals surface area contributed by atoms with Crippen molar-refractivity contribution >= 4 is 5.69 Å². The fourth-order valence-electron chi connectivity index (χ4n) is 1.98. The summed E-state index contributed by atoms with van der Waals surface area (Å²) < 4.78 is 27.5. The van der Waals surface area contributed by atoms with Crippen LogP contribution in [0.5, 0.6) is 0 Å². The van der Waals surface area contributed by atoms with E-state index in [-0.39, 0.29) is 17.7 Å². The summed E-state index contributed by atoms with van der Waals surface area (Å²) in [6.45, 7) is 1.67. The Balaban J connectivity index is 2.28. The Labute approximate surface area is 121 Å². The minimum Gasteiger partial charge on any atom is -0.380 e. The second-order valence-electron chi connectivity index (χ2n) is 4.49. The molecule has 0 bridgehead atoms. The number of hydrogen-bond donors (Lipinski definition) is 1. The maximum absolute atomic E-state index is 13.8. The molecule has 104 valence electrons. The fraction of sp³-hybridized carbons (Fsp3) is 0.125. The van der Waals surface area contributed by atoms with Crippen molar-refractivity contribution in [3.8, 4) is 12.1 Å². The lowest BCUT2D eigenvalue weighted by molar-refractivity contribution is 0.559. The Morgan fingerprint density at radius 3 is 2.33 bits per heavy atom. The molecule has 2 rings (SSSR count). The number of rotatable bonds is 3. The van der Waals surface area contributed by atoms with E-state index >= 15 is 0 Å². The SMILES string of the molecule is Cc1cccc(NCc2c(F)cc(C#N)cc2F)c1C#N. The molecule has 0 amide bonds. The van der Waals surface area contributed by atoms with Gasteiger partial charge in [0.1, 0.15) is 17.7 Å². The van der Waals surface area contributed by atoms with Crippen LogP contribution in [0.1, 0.15) is 22.3 Å². The Morgan fingerprint density at radius 1 is 1.10 bits per heavy atom. The highest BCUT2D eigenvalue weighted by Crippen LogP contribution is 2.21. The number of nitrogens with one attached hydrogen (secondary N) is 1. The Kier molecular flexibility index (Phi) is 4.15. The van der Waals surface area contributed by atoms with Gasteiger partial charge < -0.3 is 5.32 Å². The summed E-state index contributed by atoms with van der Waals surface area (Å²) in [6.07, 6.45) is 0. The smallest absolute Gasteiger partial charge is 0.132 e. The van der Waals surface area contributed by atoms with E-state index in [1.54, 1.807) is 31.2 Å². The summed E-state index contributed by atoms with van der Waals surface area (Å²) >= 11 is 0. The highest BCUT2D eigenvalue weighted by molar-refractivity contribution is 5.60. The number of nitriles is 2. The number of hydrogen-bond acceptors (Lipinski definition) is 3. The van der Waals surface area contributed by atoms with Crippen molar-refractivity contribution < 1.29 is 8.78 Å². The van der Waals surface area contributed by atoms with Crippen LogP contribution in [0.15, 0.2) is 30.3 Å². The molecule has 0 saturated heterocycles. The van der Waals surface area contributed by atoms with Crippen LogP contribution in [-0.2, 0) is 6.54 Å². The van der Waals surface area contributed by atoms with Crippen LogP contribution in [0, 0.1) is 41.2 Å². The molecular formula is C16H11F2N3. The summed E-state index contributed by atoms with van der Waals surface area (Å²) in [6, 6.07) is 10.9. The third-order valence-electron chi connectivity index (χ3n) is 3.11. The minimum atomic E-state index is -0.787. The third kappa shape index (κ3) is 2.98. The number of nitrogens with zero attached hydrogens (tertiary/aromatic N) is 2. The van der Waals surface area contributed by atoms with Gasteiger partial charge in [-0.2, -0.15) is 10.5 Å². The quantitative estimate of drug-likeness (QED) is 0.935. The molecular weight excluding hydrogens is 272 g/mol. The Bertz CT molecular complexity index is 747. The van der Waals surface area contributed by atoms with Crippen molar-refractivity contribution in [2.45, 2.75) is 13.5 Å². The van der Waals surface area contributed by atoms with E-state index in [2.05, 4.69) is 11.4 Å². The van der Waals surface area contributed by atoms with Crippen molar-refractivity contribution in [1.82, 2.24) is 0 Å². The lowest BCUT2D eigenvalue weighted by atomic mass is 10.1. The van der Waals surface area contributed by atoms with Gasteiger partial charge >= 0.3 is 0 Å². The van der Waals surface area contributed by atoms with Gasteiger partial charge in [0.05, 0.1) is 22.9 Å². The van der Waals surface area contributed by atoms with E-state index < -0.39 is 11.6 Å². The van der Waals surface area contributed by atoms with Crippen molar-refractivity contribution in [3.05, 3.63) is 64.2 Å². The predicted molar refractivity (Wildman–Crippen MR) is 74.3 cm³/mol. The number of halogens is 2. The largest absolute Gasteiger partial charge is 0.380 e. The summed E-state index contributed by atoms with van der Waals surface area (Å²) in [7, 11) is 0. The van der Waals surface area contributed by atoms with Crippen molar-refractivity contribution in [2.24, 2.45) is 0 Å². The molecule has 21 heavy (non-hydrogen) atoms. The molecule has 2 aromatic carbocycles. The molecule has 0 aliphatic carbocycles. The van der Waals surface area contributed by atoms with Crippen LogP contribution in [0.4, 0.5) is 14.5 Å². The molecule has 5 heteroatoms. The van der Waals surface area contributed by atoms with Crippen LogP contribution in [-0.4, -0.2) is 0 Å². The van der Waals surface area contributed by atoms with Crippen LogP contribution in [0.3, 0.4) is 0 Å². The van der Waals surface area contributed by atoms with E-state index in [1.165, 1.54) is 0 Å². The van der Waals surface area contributed by atoms with Gasteiger partial charge in [-0.05, 0) is 30.7 Å². The molecule has 2 aromatic rings. The molecule has 0 aliphatic rings. The second-order valence-corrected chi connectivity index (χ2v) is 4.49. The maximum atomic E-state index is 13.8. The fourth-order valence-corrected chi connectivity index (χ4v) is 1.98. The van der Waals surface area contributed by atoms with Crippen molar-refractivity contribution in [2.75, 3.05) is 5.32 Å². The zero-order valence-corrected chi connectivity index (χ0v) is 11.2. The monoisotopic (exact) mass is 283 g/mol. The Morgan fingerprint density at radius 2 is 1.76 bits per heavy atom.